The molecule has 0 aliphatic rings. The Labute approximate surface area is 162 Å². The van der Waals surface area contributed by atoms with Crippen LogP contribution in [0.1, 0.15) is 12.1 Å². The molecule has 3 rings (SSSR count). The van der Waals surface area contributed by atoms with Gasteiger partial charge in [0, 0.05) is 44.6 Å². The van der Waals surface area contributed by atoms with Crippen LogP contribution in [0.2, 0.25) is 0 Å². The van der Waals surface area contributed by atoms with Crippen LogP contribution in [0.4, 0.5) is 0 Å². The van der Waals surface area contributed by atoms with E-state index in [1.54, 1.807) is 7.05 Å². The summed E-state index contributed by atoms with van der Waals surface area (Å²) in [4.78, 5) is 36.1. The molecule has 0 aliphatic carbocycles. The summed E-state index contributed by atoms with van der Waals surface area (Å²) in [5.41, 5.74) is 5.13. The van der Waals surface area contributed by atoms with E-state index in [-0.39, 0.29) is 17.7 Å². The molecule has 0 saturated carbocycles. The number of carbonyl (C=O) groups excluding carboxylic acids is 1. The van der Waals surface area contributed by atoms with Crippen molar-refractivity contribution >= 4 is 29.0 Å². The van der Waals surface area contributed by atoms with Crippen LogP contribution in [0, 0.1) is 0 Å². The summed E-state index contributed by atoms with van der Waals surface area (Å²) in [5.74, 6) is 0.610. The van der Waals surface area contributed by atoms with E-state index < -0.39 is 5.91 Å². The Balaban J connectivity index is 1.90. The van der Waals surface area contributed by atoms with E-state index in [1.165, 1.54) is 40.8 Å². The lowest BCUT2D eigenvalue weighted by atomic mass is 10.4. The van der Waals surface area contributed by atoms with Gasteiger partial charge in [-0.2, -0.15) is 0 Å². The number of hydrogen-bond donors (Lipinski definition) is 1. The smallest absolute Gasteiger partial charge is 0.330 e. The number of thiophene rings is 1. The van der Waals surface area contributed by atoms with Crippen molar-refractivity contribution < 1.29 is 4.79 Å². The molecule has 0 unspecified atom stereocenters. The maximum absolute atomic E-state index is 12.1. The number of aromatic nitrogens is 5. The Morgan fingerprint density at radius 3 is 2.70 bits per heavy atom. The minimum Gasteiger partial charge on any atom is -0.370 e. The zero-order valence-corrected chi connectivity index (χ0v) is 16.4. The van der Waals surface area contributed by atoms with Crippen LogP contribution in [0.5, 0.6) is 0 Å². The highest BCUT2D eigenvalue weighted by molar-refractivity contribution is 7.98. The van der Waals surface area contributed by atoms with Gasteiger partial charge in [0.25, 0.3) is 5.56 Å². The van der Waals surface area contributed by atoms with Crippen LogP contribution in [-0.4, -0.2) is 29.8 Å². The summed E-state index contributed by atoms with van der Waals surface area (Å²) in [6.07, 6.45) is 0.161. The summed E-state index contributed by atoms with van der Waals surface area (Å²) < 4.78 is 4.32. The summed E-state index contributed by atoms with van der Waals surface area (Å²) in [7, 11) is 3.06. The molecule has 0 spiro atoms. The molecule has 0 radical (unpaired) electrons. The molecule has 0 atom stereocenters. The maximum Gasteiger partial charge on any atom is 0.330 e. The lowest BCUT2D eigenvalue weighted by Crippen LogP contribution is -2.37. The molecule has 0 aliphatic heterocycles. The van der Waals surface area contributed by atoms with Gasteiger partial charge in [-0.15, -0.1) is 21.5 Å². The second-order valence-corrected chi connectivity index (χ2v) is 7.70. The summed E-state index contributed by atoms with van der Waals surface area (Å²) >= 11 is 2.86. The van der Waals surface area contributed by atoms with Gasteiger partial charge in [-0.05, 0) is 11.4 Å². The molecule has 11 heteroatoms. The number of rotatable bonds is 7. The fourth-order valence-corrected chi connectivity index (χ4v) is 4.17. The van der Waals surface area contributed by atoms with Crippen LogP contribution in [-0.2, 0) is 31.2 Å². The molecule has 1 amide bonds. The number of primary amides is 1. The number of amides is 1. The Bertz CT molecular complexity index is 1080. The van der Waals surface area contributed by atoms with Crippen molar-refractivity contribution in [2.75, 3.05) is 0 Å². The van der Waals surface area contributed by atoms with E-state index >= 15 is 0 Å². The van der Waals surface area contributed by atoms with Crippen molar-refractivity contribution in [3.8, 4) is 10.7 Å². The average Bonchev–Trinajstić information content (AvgIpc) is 3.29. The monoisotopic (exact) mass is 406 g/mol. The fraction of sp³-hybridized carbons (Fsp3) is 0.312. The summed E-state index contributed by atoms with van der Waals surface area (Å²) in [6.45, 7) is 0.355. The topological polar surface area (TPSA) is 118 Å². The number of nitrogens with two attached hydrogens (primary N) is 1. The van der Waals surface area contributed by atoms with Crippen LogP contribution in [0.25, 0.3) is 10.7 Å². The predicted molar refractivity (Wildman–Crippen MR) is 104 cm³/mol. The lowest BCUT2D eigenvalue weighted by Gasteiger charge is -2.10. The molecular formula is C16H18N6O3S2. The van der Waals surface area contributed by atoms with Crippen molar-refractivity contribution in [1.29, 1.82) is 0 Å². The molecule has 2 N–H and O–H groups in total. The Hall–Kier alpha value is -2.66. The molecule has 0 aromatic carbocycles. The molecule has 0 fully saturated rings. The number of thioether (sulfide) groups is 1. The SMILES string of the molecule is Cn1c(CSc2nnc(-c3cccs3)n2CCC(N)=O)cc(=O)n(C)c1=O. The molecule has 3 aromatic heterocycles. The van der Waals surface area contributed by atoms with Gasteiger partial charge in [-0.1, -0.05) is 17.8 Å². The van der Waals surface area contributed by atoms with E-state index in [0.717, 1.165) is 9.44 Å². The lowest BCUT2D eigenvalue weighted by molar-refractivity contribution is -0.118. The van der Waals surface area contributed by atoms with Crippen molar-refractivity contribution in [2.45, 2.75) is 23.9 Å². The third kappa shape index (κ3) is 4.03. The Morgan fingerprint density at radius 2 is 2.04 bits per heavy atom. The first kappa shape index (κ1) is 19.1. The molecule has 0 saturated heterocycles. The van der Waals surface area contributed by atoms with Crippen molar-refractivity contribution in [2.24, 2.45) is 19.8 Å². The fourth-order valence-electron chi connectivity index (χ4n) is 2.46. The Kier molecular flexibility index (Phi) is 5.61. The van der Waals surface area contributed by atoms with Crippen molar-refractivity contribution in [1.82, 2.24) is 23.9 Å². The minimum atomic E-state index is -0.411. The molecular weight excluding hydrogens is 388 g/mol. The van der Waals surface area contributed by atoms with Gasteiger partial charge in [0.05, 0.1) is 4.88 Å². The van der Waals surface area contributed by atoms with Gasteiger partial charge < -0.3 is 10.3 Å². The zero-order valence-electron chi connectivity index (χ0n) is 14.8. The van der Waals surface area contributed by atoms with Crippen LogP contribution in [0.15, 0.2) is 38.3 Å². The predicted octanol–water partition coefficient (Wildman–Crippen LogP) is 0.572. The number of carbonyl (C=O) groups is 1. The van der Waals surface area contributed by atoms with E-state index in [0.29, 0.717) is 29.0 Å². The van der Waals surface area contributed by atoms with E-state index in [4.69, 9.17) is 5.73 Å². The van der Waals surface area contributed by atoms with Crippen LogP contribution < -0.4 is 17.0 Å². The van der Waals surface area contributed by atoms with E-state index in [9.17, 15) is 14.4 Å². The van der Waals surface area contributed by atoms with Gasteiger partial charge in [0.15, 0.2) is 11.0 Å². The third-order valence-electron chi connectivity index (χ3n) is 4.01. The van der Waals surface area contributed by atoms with Gasteiger partial charge in [-0.25, -0.2) is 4.79 Å². The molecule has 3 aromatic rings. The zero-order chi connectivity index (χ0) is 19.6. The van der Waals surface area contributed by atoms with Gasteiger partial charge in [0.1, 0.15) is 0 Å². The second-order valence-electron chi connectivity index (χ2n) is 5.81. The third-order valence-corrected chi connectivity index (χ3v) is 5.88. The standard InChI is InChI=1S/C16H18N6O3S2/c1-20-10(8-13(24)21(2)16(20)25)9-27-15-19-18-14(11-4-3-7-26-11)22(15)6-5-12(17)23/h3-4,7-8H,5-6,9H2,1-2H3,(H2,17,23). The molecule has 9 nitrogen and oxygen atoms in total. The first-order valence-corrected chi connectivity index (χ1v) is 9.89. The normalized spacial score (nSPS) is 11.0. The molecule has 27 heavy (non-hydrogen) atoms. The second kappa shape index (κ2) is 7.92. The first-order valence-electron chi connectivity index (χ1n) is 8.02. The maximum atomic E-state index is 12.1. The van der Waals surface area contributed by atoms with Crippen LogP contribution in [0.3, 0.4) is 0 Å². The highest BCUT2D eigenvalue weighted by Gasteiger charge is 2.17. The molecule has 3 heterocycles. The van der Waals surface area contributed by atoms with Gasteiger partial charge >= 0.3 is 5.69 Å². The van der Waals surface area contributed by atoms with Gasteiger partial charge in [0.2, 0.25) is 5.91 Å². The summed E-state index contributed by atoms with van der Waals surface area (Å²) in [5, 5.41) is 11.0. The largest absolute Gasteiger partial charge is 0.370 e. The Morgan fingerprint density at radius 1 is 1.26 bits per heavy atom. The summed E-state index contributed by atoms with van der Waals surface area (Å²) in [6, 6.07) is 5.27. The highest BCUT2D eigenvalue weighted by atomic mass is 32.2. The minimum absolute atomic E-state index is 0.161. The molecule has 0 bridgehead atoms. The average molecular weight is 406 g/mol. The highest BCUT2D eigenvalue weighted by Crippen LogP contribution is 2.28. The number of hydrogen-bond acceptors (Lipinski definition) is 7. The number of nitrogens with zero attached hydrogens (tertiary/aromatic N) is 5. The molecule has 142 valence electrons. The van der Waals surface area contributed by atoms with E-state index in [2.05, 4.69) is 10.2 Å². The van der Waals surface area contributed by atoms with Crippen molar-refractivity contribution in [3.63, 3.8) is 0 Å². The van der Waals surface area contributed by atoms with Gasteiger partial charge in [-0.3, -0.25) is 18.7 Å². The first-order chi connectivity index (χ1) is 12.9. The van der Waals surface area contributed by atoms with Crippen molar-refractivity contribution in [3.05, 3.63) is 50.1 Å². The quantitative estimate of drug-likeness (QED) is 0.573. The van der Waals surface area contributed by atoms with E-state index in [1.807, 2.05) is 22.1 Å². The van der Waals surface area contributed by atoms with Crippen LogP contribution >= 0.6 is 23.1 Å².